The molecule has 0 spiro atoms. The zero-order valence-electron chi connectivity index (χ0n) is 12.4. The van der Waals surface area contributed by atoms with Crippen LogP contribution in [0.15, 0.2) is 0 Å². The van der Waals surface area contributed by atoms with Gasteiger partial charge < -0.3 is 10.2 Å². The first-order valence-corrected chi connectivity index (χ1v) is 7.58. The Labute approximate surface area is 123 Å². The predicted octanol–water partition coefficient (Wildman–Crippen LogP) is 2.84. The van der Waals surface area contributed by atoms with Crippen LogP contribution in [0.1, 0.15) is 51.9 Å². The summed E-state index contributed by atoms with van der Waals surface area (Å²) < 4.78 is 0. The third-order valence-corrected chi connectivity index (χ3v) is 4.72. The second-order valence-electron chi connectivity index (χ2n) is 6.53. The fraction of sp³-hybridized carbons (Fsp3) is 0.933. The van der Waals surface area contributed by atoms with Gasteiger partial charge >= 0.3 is 0 Å². The van der Waals surface area contributed by atoms with Gasteiger partial charge in [-0.2, -0.15) is 0 Å². The predicted molar refractivity (Wildman–Crippen MR) is 81.7 cm³/mol. The van der Waals surface area contributed by atoms with Crippen LogP contribution in [0.3, 0.4) is 0 Å². The molecule has 1 atom stereocenters. The van der Waals surface area contributed by atoms with Crippen molar-refractivity contribution < 1.29 is 4.79 Å². The van der Waals surface area contributed by atoms with E-state index in [-0.39, 0.29) is 17.8 Å². The maximum Gasteiger partial charge on any atom is 0.229 e. The number of piperidine rings is 1. The molecule has 0 aromatic rings. The van der Waals surface area contributed by atoms with E-state index in [0.29, 0.717) is 5.91 Å². The van der Waals surface area contributed by atoms with E-state index in [9.17, 15) is 4.79 Å². The summed E-state index contributed by atoms with van der Waals surface area (Å²) in [6.07, 6.45) is 8.87. The van der Waals surface area contributed by atoms with Crippen LogP contribution >= 0.6 is 12.4 Å². The van der Waals surface area contributed by atoms with Gasteiger partial charge in [-0.3, -0.25) is 4.79 Å². The normalized spacial score (nSPS) is 28.5. The summed E-state index contributed by atoms with van der Waals surface area (Å²) in [7, 11) is 2.00. The molecule has 1 amide bonds. The minimum Gasteiger partial charge on any atom is -0.345 e. The Hall–Kier alpha value is -0.280. The zero-order chi connectivity index (χ0) is 13.0. The molecule has 2 rings (SSSR count). The lowest BCUT2D eigenvalue weighted by atomic mass is 9.81. The van der Waals surface area contributed by atoms with Crippen LogP contribution in [-0.2, 0) is 4.79 Å². The highest BCUT2D eigenvalue weighted by atomic mass is 35.5. The molecule has 0 bridgehead atoms. The summed E-state index contributed by atoms with van der Waals surface area (Å²) in [5.41, 5.74) is -0.165. The molecule has 4 heteroatoms. The summed E-state index contributed by atoms with van der Waals surface area (Å²) in [6, 6.07) is 0. The average molecular weight is 289 g/mol. The van der Waals surface area contributed by atoms with E-state index in [1.807, 2.05) is 11.9 Å². The SMILES string of the molecule is CN(CC1CCCCC1)C(=O)C1(C)CCCNC1.Cl. The van der Waals surface area contributed by atoms with E-state index in [1.54, 1.807) is 0 Å². The molecule has 112 valence electrons. The number of nitrogens with one attached hydrogen (secondary N) is 1. The number of carbonyl (C=O) groups is 1. The van der Waals surface area contributed by atoms with Crippen molar-refractivity contribution in [3.63, 3.8) is 0 Å². The molecule has 19 heavy (non-hydrogen) atoms. The third-order valence-electron chi connectivity index (χ3n) is 4.72. The molecule has 1 unspecified atom stereocenters. The molecule has 1 saturated carbocycles. The summed E-state index contributed by atoms with van der Waals surface area (Å²) in [5, 5.41) is 3.37. The quantitative estimate of drug-likeness (QED) is 0.866. The largest absolute Gasteiger partial charge is 0.345 e. The first-order chi connectivity index (χ1) is 8.62. The molecule has 1 aliphatic carbocycles. The first-order valence-electron chi connectivity index (χ1n) is 7.58. The van der Waals surface area contributed by atoms with Crippen molar-refractivity contribution in [3.05, 3.63) is 0 Å². The molecule has 1 saturated heterocycles. The second-order valence-corrected chi connectivity index (χ2v) is 6.53. The van der Waals surface area contributed by atoms with Gasteiger partial charge in [-0.25, -0.2) is 0 Å². The third kappa shape index (κ3) is 4.35. The smallest absolute Gasteiger partial charge is 0.229 e. The number of hydrogen-bond acceptors (Lipinski definition) is 2. The molecule has 1 heterocycles. The topological polar surface area (TPSA) is 32.3 Å². The number of hydrogen-bond donors (Lipinski definition) is 1. The Balaban J connectivity index is 0.00000180. The van der Waals surface area contributed by atoms with E-state index in [1.165, 1.54) is 32.1 Å². The molecule has 0 aromatic heterocycles. The van der Waals surface area contributed by atoms with Gasteiger partial charge in [0.2, 0.25) is 5.91 Å². The van der Waals surface area contributed by atoms with Crippen molar-refractivity contribution in [2.24, 2.45) is 11.3 Å². The van der Waals surface area contributed by atoms with Crippen LogP contribution in [0.25, 0.3) is 0 Å². The lowest BCUT2D eigenvalue weighted by molar-refractivity contribution is -0.141. The van der Waals surface area contributed by atoms with Crippen molar-refractivity contribution in [3.8, 4) is 0 Å². The summed E-state index contributed by atoms with van der Waals surface area (Å²) in [6.45, 7) is 5.00. The van der Waals surface area contributed by atoms with Gasteiger partial charge in [0.1, 0.15) is 0 Å². The zero-order valence-corrected chi connectivity index (χ0v) is 13.2. The minimum atomic E-state index is -0.165. The maximum absolute atomic E-state index is 12.6. The average Bonchev–Trinajstić information content (AvgIpc) is 2.40. The van der Waals surface area contributed by atoms with Gasteiger partial charge in [-0.15, -0.1) is 12.4 Å². The van der Waals surface area contributed by atoms with Crippen LogP contribution in [-0.4, -0.2) is 37.5 Å². The highest BCUT2D eigenvalue weighted by Crippen LogP contribution is 2.29. The number of halogens is 1. The molecule has 3 nitrogen and oxygen atoms in total. The Bertz CT molecular complexity index is 284. The van der Waals surface area contributed by atoms with Crippen molar-refractivity contribution in [2.75, 3.05) is 26.7 Å². The first kappa shape index (κ1) is 16.8. The van der Waals surface area contributed by atoms with Crippen LogP contribution in [0.2, 0.25) is 0 Å². The van der Waals surface area contributed by atoms with Gasteiger partial charge in [0, 0.05) is 20.1 Å². The molecule has 2 fully saturated rings. The number of rotatable bonds is 3. The molecule has 1 N–H and O–H groups in total. The Morgan fingerprint density at radius 1 is 1.26 bits per heavy atom. The van der Waals surface area contributed by atoms with E-state index in [2.05, 4.69) is 12.2 Å². The molecule has 1 aliphatic heterocycles. The Morgan fingerprint density at radius 2 is 1.95 bits per heavy atom. The number of amides is 1. The Kier molecular flexibility index (Phi) is 6.61. The van der Waals surface area contributed by atoms with Gasteiger partial charge in [0.05, 0.1) is 5.41 Å². The second kappa shape index (κ2) is 7.49. The summed E-state index contributed by atoms with van der Waals surface area (Å²) in [5.74, 6) is 1.09. The standard InChI is InChI=1S/C15H28N2O.ClH/c1-15(9-6-10-16-12-15)14(18)17(2)11-13-7-4-3-5-8-13;/h13,16H,3-12H2,1-2H3;1H. The van der Waals surface area contributed by atoms with Gasteiger partial charge in [0.15, 0.2) is 0 Å². The monoisotopic (exact) mass is 288 g/mol. The summed E-state index contributed by atoms with van der Waals surface area (Å²) >= 11 is 0. The summed E-state index contributed by atoms with van der Waals surface area (Å²) in [4.78, 5) is 14.6. The number of nitrogens with zero attached hydrogens (tertiary/aromatic N) is 1. The van der Waals surface area contributed by atoms with Crippen molar-refractivity contribution in [2.45, 2.75) is 51.9 Å². The fourth-order valence-electron chi connectivity index (χ4n) is 3.54. The van der Waals surface area contributed by atoms with Crippen LogP contribution < -0.4 is 5.32 Å². The van der Waals surface area contributed by atoms with Gasteiger partial charge in [0.25, 0.3) is 0 Å². The van der Waals surface area contributed by atoms with E-state index < -0.39 is 0 Å². The molecular weight excluding hydrogens is 260 g/mol. The van der Waals surface area contributed by atoms with E-state index in [4.69, 9.17) is 0 Å². The van der Waals surface area contributed by atoms with Crippen molar-refractivity contribution in [1.82, 2.24) is 10.2 Å². The van der Waals surface area contributed by atoms with E-state index in [0.717, 1.165) is 38.4 Å². The van der Waals surface area contributed by atoms with Gasteiger partial charge in [-0.1, -0.05) is 19.3 Å². The highest BCUT2D eigenvalue weighted by Gasteiger charge is 2.37. The highest BCUT2D eigenvalue weighted by molar-refractivity contribution is 5.85. The van der Waals surface area contributed by atoms with Crippen molar-refractivity contribution in [1.29, 1.82) is 0 Å². The van der Waals surface area contributed by atoms with Crippen molar-refractivity contribution >= 4 is 18.3 Å². The molecular formula is C15H29ClN2O. The fourth-order valence-corrected chi connectivity index (χ4v) is 3.54. The van der Waals surface area contributed by atoms with Crippen LogP contribution in [0.5, 0.6) is 0 Å². The maximum atomic E-state index is 12.6. The lowest BCUT2D eigenvalue weighted by Gasteiger charge is -2.37. The molecule has 2 aliphatic rings. The lowest BCUT2D eigenvalue weighted by Crippen LogP contribution is -2.50. The van der Waals surface area contributed by atoms with Crippen LogP contribution in [0, 0.1) is 11.3 Å². The molecule has 0 aromatic carbocycles. The van der Waals surface area contributed by atoms with E-state index >= 15 is 0 Å². The number of carbonyl (C=O) groups excluding carboxylic acids is 1. The van der Waals surface area contributed by atoms with Gasteiger partial charge in [-0.05, 0) is 45.1 Å². The molecule has 0 radical (unpaired) electrons. The van der Waals surface area contributed by atoms with Crippen LogP contribution in [0.4, 0.5) is 0 Å². The Morgan fingerprint density at radius 3 is 2.53 bits per heavy atom. The minimum absolute atomic E-state index is 0.